The molecule has 0 radical (unpaired) electrons. The first-order chi connectivity index (χ1) is 12.0. The Kier molecular flexibility index (Phi) is 4.83. The minimum Gasteiger partial charge on any atom is -0.358 e. The van der Waals surface area contributed by atoms with Crippen LogP contribution in [0.25, 0.3) is 10.9 Å². The lowest BCUT2D eigenvalue weighted by Crippen LogP contribution is -2.32. The van der Waals surface area contributed by atoms with Crippen LogP contribution in [0.3, 0.4) is 0 Å². The second kappa shape index (κ2) is 7.21. The molecule has 1 atom stereocenters. The molecular weight excluding hydrogens is 326 g/mol. The summed E-state index contributed by atoms with van der Waals surface area (Å²) in [5.74, 6) is -0.666. The van der Waals surface area contributed by atoms with Gasteiger partial charge in [0.2, 0.25) is 5.91 Å². The van der Waals surface area contributed by atoms with Gasteiger partial charge in [-0.1, -0.05) is 30.3 Å². The standard InChI is InChI=1S/C18H16F2N4O/c1-11(18(25)22-12-7-3-2-4-8-12)21-16-13-9-5-6-10-14(13)23-17(24-16)15(19)20/h2-11,15H,1H3,(H,22,25)(H,21,23,24). The zero-order valence-corrected chi connectivity index (χ0v) is 13.4. The van der Waals surface area contributed by atoms with Crippen LogP contribution >= 0.6 is 0 Å². The fraction of sp³-hybridized carbons (Fsp3) is 0.167. The molecule has 5 nitrogen and oxygen atoms in total. The first-order valence-electron chi connectivity index (χ1n) is 7.72. The Balaban J connectivity index is 1.85. The Morgan fingerprint density at radius 1 is 1.00 bits per heavy atom. The number of benzene rings is 2. The maximum atomic E-state index is 13.0. The molecule has 0 saturated heterocycles. The first-order valence-corrected chi connectivity index (χ1v) is 7.72. The number of nitrogens with zero attached hydrogens (tertiary/aromatic N) is 2. The van der Waals surface area contributed by atoms with Crippen LogP contribution in [0.15, 0.2) is 54.6 Å². The van der Waals surface area contributed by atoms with E-state index in [9.17, 15) is 13.6 Å². The minimum atomic E-state index is -2.79. The fourth-order valence-corrected chi connectivity index (χ4v) is 2.34. The van der Waals surface area contributed by atoms with Gasteiger partial charge in [0, 0.05) is 11.1 Å². The molecule has 7 heteroatoms. The molecule has 0 aliphatic rings. The predicted molar refractivity (Wildman–Crippen MR) is 92.7 cm³/mol. The lowest BCUT2D eigenvalue weighted by atomic mass is 10.2. The van der Waals surface area contributed by atoms with Crippen molar-refractivity contribution < 1.29 is 13.6 Å². The molecule has 0 saturated carbocycles. The Bertz CT molecular complexity index is 887. The van der Waals surface area contributed by atoms with Crippen molar-refractivity contribution in [1.82, 2.24) is 9.97 Å². The second-order valence-electron chi connectivity index (χ2n) is 5.47. The van der Waals surface area contributed by atoms with E-state index in [0.717, 1.165) is 0 Å². The second-order valence-corrected chi connectivity index (χ2v) is 5.47. The van der Waals surface area contributed by atoms with E-state index in [1.165, 1.54) is 0 Å². The van der Waals surface area contributed by atoms with Crippen molar-refractivity contribution in [2.24, 2.45) is 0 Å². The number of anilines is 2. The van der Waals surface area contributed by atoms with Crippen LogP contribution in [0.4, 0.5) is 20.3 Å². The monoisotopic (exact) mass is 342 g/mol. The molecule has 0 fully saturated rings. The van der Waals surface area contributed by atoms with E-state index in [2.05, 4.69) is 20.6 Å². The molecule has 3 aromatic rings. The highest BCUT2D eigenvalue weighted by Crippen LogP contribution is 2.25. The van der Waals surface area contributed by atoms with E-state index in [1.807, 2.05) is 6.07 Å². The predicted octanol–water partition coefficient (Wildman–Crippen LogP) is 4.01. The third-order valence-electron chi connectivity index (χ3n) is 3.60. The number of halogens is 2. The van der Waals surface area contributed by atoms with Crippen LogP contribution in [0.5, 0.6) is 0 Å². The Morgan fingerprint density at radius 2 is 1.68 bits per heavy atom. The first kappa shape index (κ1) is 16.8. The number of aromatic nitrogens is 2. The van der Waals surface area contributed by atoms with Crippen molar-refractivity contribution in [3.63, 3.8) is 0 Å². The van der Waals surface area contributed by atoms with Gasteiger partial charge in [0.25, 0.3) is 6.43 Å². The molecule has 0 aliphatic carbocycles. The number of amides is 1. The summed E-state index contributed by atoms with van der Waals surface area (Å²) in [5, 5.41) is 6.23. The van der Waals surface area contributed by atoms with Crippen molar-refractivity contribution >= 4 is 28.3 Å². The van der Waals surface area contributed by atoms with E-state index >= 15 is 0 Å². The number of carbonyl (C=O) groups is 1. The molecule has 128 valence electrons. The normalized spacial score (nSPS) is 12.2. The molecule has 1 aromatic heterocycles. The summed E-state index contributed by atoms with van der Waals surface area (Å²) in [4.78, 5) is 20.0. The molecule has 1 amide bonds. The van der Waals surface area contributed by atoms with E-state index in [-0.39, 0.29) is 11.7 Å². The van der Waals surface area contributed by atoms with Gasteiger partial charge < -0.3 is 10.6 Å². The summed E-state index contributed by atoms with van der Waals surface area (Å²) in [6.45, 7) is 1.64. The maximum absolute atomic E-state index is 13.0. The zero-order chi connectivity index (χ0) is 17.8. The molecule has 0 spiro atoms. The number of rotatable bonds is 5. The SMILES string of the molecule is CC(Nc1nc(C(F)F)nc2ccccc12)C(=O)Nc1ccccc1. The van der Waals surface area contributed by atoms with E-state index in [1.54, 1.807) is 55.5 Å². The van der Waals surface area contributed by atoms with Gasteiger partial charge >= 0.3 is 0 Å². The Hall–Kier alpha value is -3.09. The van der Waals surface area contributed by atoms with Crippen LogP contribution in [0.1, 0.15) is 19.2 Å². The van der Waals surface area contributed by atoms with Crippen molar-refractivity contribution in [1.29, 1.82) is 0 Å². The lowest BCUT2D eigenvalue weighted by Gasteiger charge is -2.16. The van der Waals surface area contributed by atoms with Gasteiger partial charge in [0.15, 0.2) is 5.82 Å². The van der Waals surface area contributed by atoms with Crippen LogP contribution in [-0.4, -0.2) is 21.9 Å². The summed E-state index contributed by atoms with van der Waals surface area (Å²) >= 11 is 0. The smallest absolute Gasteiger partial charge is 0.297 e. The summed E-state index contributed by atoms with van der Waals surface area (Å²) in [5.41, 5.74) is 1.05. The van der Waals surface area contributed by atoms with Crippen LogP contribution in [-0.2, 0) is 4.79 Å². The molecule has 2 N–H and O–H groups in total. The van der Waals surface area contributed by atoms with Gasteiger partial charge in [-0.05, 0) is 31.2 Å². The molecule has 1 heterocycles. The van der Waals surface area contributed by atoms with Gasteiger partial charge in [0.1, 0.15) is 11.9 Å². The summed E-state index contributed by atoms with van der Waals surface area (Å²) in [6, 6.07) is 15.1. The average molecular weight is 342 g/mol. The number of alkyl halides is 2. The Morgan fingerprint density at radius 3 is 2.40 bits per heavy atom. The van der Waals surface area contributed by atoms with Crippen LogP contribution in [0.2, 0.25) is 0 Å². The highest BCUT2D eigenvalue weighted by Gasteiger charge is 2.18. The fourth-order valence-electron chi connectivity index (χ4n) is 2.34. The molecule has 25 heavy (non-hydrogen) atoms. The summed E-state index contributed by atoms with van der Waals surface area (Å²) < 4.78 is 26.1. The molecule has 2 aromatic carbocycles. The largest absolute Gasteiger partial charge is 0.358 e. The summed E-state index contributed by atoms with van der Waals surface area (Å²) in [7, 11) is 0. The number of hydrogen-bond donors (Lipinski definition) is 2. The van der Waals surface area contributed by atoms with Gasteiger partial charge in [-0.2, -0.15) is 0 Å². The van der Waals surface area contributed by atoms with Crippen LogP contribution < -0.4 is 10.6 Å². The highest BCUT2D eigenvalue weighted by molar-refractivity contribution is 5.98. The molecule has 1 unspecified atom stereocenters. The molecule has 3 rings (SSSR count). The van der Waals surface area contributed by atoms with Gasteiger partial charge in [0.05, 0.1) is 5.52 Å². The lowest BCUT2D eigenvalue weighted by molar-refractivity contribution is -0.116. The van der Waals surface area contributed by atoms with Crippen molar-refractivity contribution in [3.05, 3.63) is 60.4 Å². The van der Waals surface area contributed by atoms with Gasteiger partial charge in [-0.15, -0.1) is 0 Å². The quantitative estimate of drug-likeness (QED) is 0.735. The third kappa shape index (κ3) is 3.88. The van der Waals surface area contributed by atoms with E-state index in [0.29, 0.717) is 16.6 Å². The van der Waals surface area contributed by atoms with Crippen molar-refractivity contribution in [2.75, 3.05) is 10.6 Å². The molecule has 0 bridgehead atoms. The number of hydrogen-bond acceptors (Lipinski definition) is 4. The number of para-hydroxylation sites is 2. The third-order valence-corrected chi connectivity index (χ3v) is 3.60. The number of nitrogens with one attached hydrogen (secondary N) is 2. The molecular formula is C18H16F2N4O. The maximum Gasteiger partial charge on any atom is 0.297 e. The highest BCUT2D eigenvalue weighted by atomic mass is 19.3. The topological polar surface area (TPSA) is 66.9 Å². The Labute approximate surface area is 143 Å². The van der Waals surface area contributed by atoms with Crippen LogP contribution in [0, 0.1) is 0 Å². The van der Waals surface area contributed by atoms with E-state index < -0.39 is 18.3 Å². The number of carbonyl (C=O) groups excluding carboxylic acids is 1. The van der Waals surface area contributed by atoms with Crippen molar-refractivity contribution in [3.8, 4) is 0 Å². The zero-order valence-electron chi connectivity index (χ0n) is 13.4. The molecule has 0 aliphatic heterocycles. The average Bonchev–Trinajstić information content (AvgIpc) is 2.62. The van der Waals surface area contributed by atoms with Gasteiger partial charge in [-0.25, -0.2) is 18.7 Å². The van der Waals surface area contributed by atoms with Crippen molar-refractivity contribution in [2.45, 2.75) is 19.4 Å². The van der Waals surface area contributed by atoms with E-state index in [4.69, 9.17) is 0 Å². The minimum absolute atomic E-state index is 0.205. The number of fused-ring (bicyclic) bond motifs is 1. The summed E-state index contributed by atoms with van der Waals surface area (Å²) in [6.07, 6.45) is -2.79. The van der Waals surface area contributed by atoms with Gasteiger partial charge in [-0.3, -0.25) is 4.79 Å².